The Morgan fingerprint density at radius 3 is 2.08 bits per heavy atom. The third-order valence-electron chi connectivity index (χ3n) is 7.06. The standard InChI is InChI=1S/C19H34N4O2/c24-18(23-13-15-25-16-14-23)22-11-9-21(10-12-22)17-1-3-19(4-2-17)5-7-20-8-6-19/h17,20H,1-16H2. The van der Waals surface area contributed by atoms with Crippen molar-refractivity contribution in [3.63, 3.8) is 0 Å². The minimum Gasteiger partial charge on any atom is -0.378 e. The first-order chi connectivity index (χ1) is 12.3. The summed E-state index contributed by atoms with van der Waals surface area (Å²) in [5.74, 6) is 0. The molecule has 2 amide bonds. The maximum absolute atomic E-state index is 12.6. The Kier molecular flexibility index (Phi) is 5.48. The van der Waals surface area contributed by atoms with Crippen LogP contribution in [0.5, 0.6) is 0 Å². The fourth-order valence-electron chi connectivity index (χ4n) is 5.27. The van der Waals surface area contributed by atoms with Crippen LogP contribution >= 0.6 is 0 Å². The summed E-state index contributed by atoms with van der Waals surface area (Å²) in [7, 11) is 0. The first-order valence-electron chi connectivity index (χ1n) is 10.3. The Hall–Kier alpha value is -0.850. The maximum Gasteiger partial charge on any atom is 0.320 e. The number of nitrogens with zero attached hydrogens (tertiary/aromatic N) is 3. The van der Waals surface area contributed by atoms with Crippen LogP contribution in [-0.4, -0.2) is 92.3 Å². The van der Waals surface area contributed by atoms with E-state index in [0.29, 0.717) is 18.6 Å². The fraction of sp³-hybridized carbons (Fsp3) is 0.947. The van der Waals surface area contributed by atoms with Crippen LogP contribution in [0.4, 0.5) is 4.79 Å². The molecule has 4 rings (SSSR count). The van der Waals surface area contributed by atoms with Crippen LogP contribution in [0.3, 0.4) is 0 Å². The Morgan fingerprint density at radius 2 is 1.44 bits per heavy atom. The van der Waals surface area contributed by atoms with Gasteiger partial charge in [0, 0.05) is 45.3 Å². The topological polar surface area (TPSA) is 48.1 Å². The Bertz CT molecular complexity index is 442. The molecule has 1 saturated carbocycles. The van der Waals surface area contributed by atoms with E-state index in [0.717, 1.165) is 45.3 Å². The van der Waals surface area contributed by atoms with Gasteiger partial charge in [-0.05, 0) is 57.0 Å². The highest BCUT2D eigenvalue weighted by atomic mass is 16.5. The van der Waals surface area contributed by atoms with Crippen LogP contribution < -0.4 is 5.32 Å². The van der Waals surface area contributed by atoms with Crippen LogP contribution in [-0.2, 0) is 4.74 Å². The lowest BCUT2D eigenvalue weighted by Gasteiger charge is -2.47. The molecule has 4 fully saturated rings. The monoisotopic (exact) mass is 350 g/mol. The van der Waals surface area contributed by atoms with Crippen molar-refractivity contribution in [1.82, 2.24) is 20.0 Å². The van der Waals surface area contributed by atoms with Crippen molar-refractivity contribution in [2.45, 2.75) is 44.6 Å². The van der Waals surface area contributed by atoms with Crippen LogP contribution in [0.2, 0.25) is 0 Å². The zero-order valence-corrected chi connectivity index (χ0v) is 15.5. The lowest BCUT2D eigenvalue weighted by atomic mass is 9.67. The van der Waals surface area contributed by atoms with Gasteiger partial charge in [0.25, 0.3) is 0 Å². The molecule has 3 saturated heterocycles. The van der Waals surface area contributed by atoms with Crippen LogP contribution in [0, 0.1) is 5.41 Å². The van der Waals surface area contributed by atoms with Crippen LogP contribution in [0.15, 0.2) is 0 Å². The molecule has 0 atom stereocenters. The lowest BCUT2D eigenvalue weighted by molar-refractivity contribution is 0.0235. The van der Waals surface area contributed by atoms with Gasteiger partial charge in [0.15, 0.2) is 0 Å². The molecule has 0 aromatic carbocycles. The molecular formula is C19H34N4O2. The molecule has 1 N–H and O–H groups in total. The van der Waals surface area contributed by atoms with Crippen molar-refractivity contribution < 1.29 is 9.53 Å². The van der Waals surface area contributed by atoms with Gasteiger partial charge in [-0.2, -0.15) is 0 Å². The second-order valence-corrected chi connectivity index (χ2v) is 8.39. The number of rotatable bonds is 1. The molecule has 1 spiro atoms. The second-order valence-electron chi connectivity index (χ2n) is 8.39. The second kappa shape index (κ2) is 7.80. The highest BCUT2D eigenvalue weighted by molar-refractivity contribution is 5.74. The molecule has 3 aliphatic heterocycles. The summed E-state index contributed by atoms with van der Waals surface area (Å²) < 4.78 is 5.36. The maximum atomic E-state index is 12.6. The number of hydrogen-bond acceptors (Lipinski definition) is 4. The third kappa shape index (κ3) is 3.96. The highest BCUT2D eigenvalue weighted by Crippen LogP contribution is 2.44. The predicted molar refractivity (Wildman–Crippen MR) is 97.7 cm³/mol. The van der Waals surface area contributed by atoms with E-state index in [2.05, 4.69) is 15.1 Å². The molecule has 0 unspecified atom stereocenters. The van der Waals surface area contributed by atoms with Gasteiger partial charge in [0.2, 0.25) is 0 Å². The zero-order chi connectivity index (χ0) is 17.1. The fourth-order valence-corrected chi connectivity index (χ4v) is 5.27. The van der Waals surface area contributed by atoms with Crippen molar-refractivity contribution >= 4 is 6.03 Å². The van der Waals surface area contributed by atoms with Gasteiger partial charge in [0.1, 0.15) is 0 Å². The molecule has 0 radical (unpaired) electrons. The summed E-state index contributed by atoms with van der Waals surface area (Å²) >= 11 is 0. The van der Waals surface area contributed by atoms with Gasteiger partial charge in [0.05, 0.1) is 13.2 Å². The van der Waals surface area contributed by atoms with Gasteiger partial charge in [-0.25, -0.2) is 4.79 Å². The van der Waals surface area contributed by atoms with E-state index in [1.54, 1.807) is 0 Å². The molecule has 4 aliphatic rings. The molecule has 25 heavy (non-hydrogen) atoms. The Balaban J connectivity index is 1.23. The number of urea groups is 1. The predicted octanol–water partition coefficient (Wildman–Crippen LogP) is 1.37. The van der Waals surface area contributed by atoms with E-state index in [-0.39, 0.29) is 6.03 Å². The molecule has 0 aromatic rings. The smallest absolute Gasteiger partial charge is 0.320 e. The summed E-state index contributed by atoms with van der Waals surface area (Å²) in [6.07, 6.45) is 8.29. The van der Waals surface area contributed by atoms with E-state index in [1.165, 1.54) is 51.6 Å². The Labute approximate surface area is 151 Å². The minimum atomic E-state index is 0.222. The normalized spacial score (nSPS) is 29.1. The SMILES string of the molecule is O=C(N1CCOCC1)N1CCN(C2CCC3(CCNCC3)CC2)CC1. The summed E-state index contributed by atoms with van der Waals surface area (Å²) in [5, 5.41) is 3.51. The minimum absolute atomic E-state index is 0.222. The van der Waals surface area contributed by atoms with E-state index in [9.17, 15) is 4.79 Å². The summed E-state index contributed by atoms with van der Waals surface area (Å²) in [5.41, 5.74) is 0.649. The van der Waals surface area contributed by atoms with E-state index in [1.807, 2.05) is 4.90 Å². The van der Waals surface area contributed by atoms with E-state index in [4.69, 9.17) is 4.74 Å². The molecule has 6 heteroatoms. The van der Waals surface area contributed by atoms with Crippen molar-refractivity contribution in [3.8, 4) is 0 Å². The molecule has 1 aliphatic carbocycles. The van der Waals surface area contributed by atoms with Crippen molar-refractivity contribution in [2.75, 3.05) is 65.6 Å². The molecule has 6 nitrogen and oxygen atoms in total. The first kappa shape index (κ1) is 17.6. The average Bonchev–Trinajstić information content (AvgIpc) is 2.70. The largest absolute Gasteiger partial charge is 0.378 e. The van der Waals surface area contributed by atoms with E-state index < -0.39 is 0 Å². The average molecular weight is 351 g/mol. The number of morpholine rings is 1. The summed E-state index contributed by atoms with van der Waals surface area (Å²) in [4.78, 5) is 19.3. The lowest BCUT2D eigenvalue weighted by Crippen LogP contribution is -2.57. The van der Waals surface area contributed by atoms with Gasteiger partial charge in [-0.1, -0.05) is 0 Å². The Morgan fingerprint density at radius 1 is 0.840 bits per heavy atom. The summed E-state index contributed by atoms with van der Waals surface area (Å²) in [6, 6.07) is 0.974. The van der Waals surface area contributed by atoms with Crippen LogP contribution in [0.25, 0.3) is 0 Å². The van der Waals surface area contributed by atoms with Gasteiger partial charge in [-0.3, -0.25) is 4.90 Å². The van der Waals surface area contributed by atoms with Crippen molar-refractivity contribution in [3.05, 3.63) is 0 Å². The molecule has 0 aromatic heterocycles. The highest BCUT2D eigenvalue weighted by Gasteiger charge is 2.38. The quantitative estimate of drug-likeness (QED) is 0.776. The van der Waals surface area contributed by atoms with Gasteiger partial charge in [-0.15, -0.1) is 0 Å². The number of ether oxygens (including phenoxy) is 1. The van der Waals surface area contributed by atoms with Crippen molar-refractivity contribution in [2.24, 2.45) is 5.41 Å². The van der Waals surface area contributed by atoms with Gasteiger partial charge < -0.3 is 19.9 Å². The molecule has 142 valence electrons. The van der Waals surface area contributed by atoms with Crippen LogP contribution in [0.1, 0.15) is 38.5 Å². The van der Waals surface area contributed by atoms with Gasteiger partial charge >= 0.3 is 6.03 Å². The number of piperazine rings is 1. The number of carbonyl (C=O) groups is 1. The number of nitrogens with one attached hydrogen (secondary N) is 1. The molecule has 0 bridgehead atoms. The zero-order valence-electron chi connectivity index (χ0n) is 15.5. The number of hydrogen-bond donors (Lipinski definition) is 1. The number of carbonyl (C=O) groups excluding carboxylic acids is 1. The third-order valence-corrected chi connectivity index (χ3v) is 7.06. The molecule has 3 heterocycles. The molecular weight excluding hydrogens is 316 g/mol. The first-order valence-corrected chi connectivity index (χ1v) is 10.3. The van der Waals surface area contributed by atoms with Crippen molar-refractivity contribution in [1.29, 1.82) is 0 Å². The summed E-state index contributed by atoms with van der Waals surface area (Å²) in [6.45, 7) is 9.18. The number of amides is 2. The van der Waals surface area contributed by atoms with E-state index >= 15 is 0 Å². The number of piperidine rings is 1.